The zero-order chi connectivity index (χ0) is 11.7. The van der Waals surface area contributed by atoms with Gasteiger partial charge in [-0.3, -0.25) is 9.30 Å². The molecule has 5 heteroatoms. The number of hydrogen-bond donors (Lipinski definition) is 0. The summed E-state index contributed by atoms with van der Waals surface area (Å²) in [6, 6.07) is 0.730. The van der Waals surface area contributed by atoms with E-state index in [2.05, 4.69) is 32.1 Å². The molecule has 17 heavy (non-hydrogen) atoms. The number of nitrogens with zero attached hydrogens (tertiary/aromatic N) is 3. The molecule has 2 aromatic heterocycles. The Kier molecular flexibility index (Phi) is 3.36. The minimum absolute atomic E-state index is 0.707. The van der Waals surface area contributed by atoms with Crippen molar-refractivity contribution in [2.24, 2.45) is 0 Å². The lowest BCUT2D eigenvalue weighted by molar-refractivity contribution is 0.126. The molecule has 1 aliphatic carbocycles. The zero-order valence-electron chi connectivity index (χ0n) is 9.68. The number of alkyl halides is 1. The van der Waals surface area contributed by atoms with E-state index in [1.165, 1.54) is 19.3 Å². The van der Waals surface area contributed by atoms with Crippen molar-refractivity contribution in [2.75, 3.05) is 12.4 Å². The molecule has 0 radical (unpaired) electrons. The molecule has 0 amide bonds. The van der Waals surface area contributed by atoms with Crippen LogP contribution in [0.4, 0.5) is 0 Å². The molecule has 2 aromatic rings. The summed E-state index contributed by atoms with van der Waals surface area (Å²) in [5, 5.41) is 2.06. The summed E-state index contributed by atoms with van der Waals surface area (Å²) >= 11 is 7.56. The number of thiazole rings is 1. The van der Waals surface area contributed by atoms with Crippen LogP contribution in [0, 0.1) is 0 Å². The average molecular weight is 270 g/mol. The van der Waals surface area contributed by atoms with Crippen LogP contribution >= 0.6 is 22.9 Å². The maximum absolute atomic E-state index is 5.88. The molecular formula is C12H16ClN3S. The van der Waals surface area contributed by atoms with Crippen molar-refractivity contribution < 1.29 is 0 Å². The van der Waals surface area contributed by atoms with Crippen molar-refractivity contribution in [3.8, 4) is 0 Å². The van der Waals surface area contributed by atoms with Gasteiger partial charge in [-0.2, -0.15) is 0 Å². The number of hydrogen-bond acceptors (Lipinski definition) is 3. The predicted octanol–water partition coefficient (Wildman–Crippen LogP) is 2.99. The highest BCUT2D eigenvalue weighted by molar-refractivity contribution is 7.15. The number of aromatic nitrogens is 2. The SMILES string of the molecule is ClCCN(Cc1cn2ccsc2n1)C1CCC1. The predicted molar refractivity (Wildman–Crippen MR) is 71.8 cm³/mol. The quantitative estimate of drug-likeness (QED) is 0.778. The smallest absolute Gasteiger partial charge is 0.193 e. The van der Waals surface area contributed by atoms with Crippen molar-refractivity contribution in [1.82, 2.24) is 14.3 Å². The summed E-state index contributed by atoms with van der Waals surface area (Å²) in [6.07, 6.45) is 8.19. The molecule has 0 bridgehead atoms. The number of halogens is 1. The monoisotopic (exact) mass is 269 g/mol. The molecule has 1 fully saturated rings. The number of fused-ring (bicyclic) bond motifs is 1. The largest absolute Gasteiger partial charge is 0.297 e. The third-order valence-electron chi connectivity index (χ3n) is 3.47. The summed E-state index contributed by atoms with van der Waals surface area (Å²) in [7, 11) is 0. The van der Waals surface area contributed by atoms with E-state index in [9.17, 15) is 0 Å². The van der Waals surface area contributed by atoms with Crippen molar-refractivity contribution in [1.29, 1.82) is 0 Å². The second-order valence-corrected chi connectivity index (χ2v) is 5.82. The molecule has 2 heterocycles. The van der Waals surface area contributed by atoms with Crippen LogP contribution in [0.25, 0.3) is 4.96 Å². The molecule has 0 atom stereocenters. The fourth-order valence-electron chi connectivity index (χ4n) is 2.31. The van der Waals surface area contributed by atoms with Crippen LogP contribution in [0.3, 0.4) is 0 Å². The van der Waals surface area contributed by atoms with Gasteiger partial charge in [0.05, 0.1) is 5.69 Å². The Morgan fingerprint density at radius 2 is 2.41 bits per heavy atom. The van der Waals surface area contributed by atoms with Crippen LogP contribution in [0.1, 0.15) is 25.0 Å². The summed E-state index contributed by atoms with van der Waals surface area (Å²) in [5.41, 5.74) is 1.16. The van der Waals surface area contributed by atoms with Gasteiger partial charge in [-0.15, -0.1) is 22.9 Å². The third kappa shape index (κ3) is 2.34. The van der Waals surface area contributed by atoms with Gasteiger partial charge in [0.25, 0.3) is 0 Å². The molecule has 0 spiro atoms. The lowest BCUT2D eigenvalue weighted by Gasteiger charge is -2.36. The van der Waals surface area contributed by atoms with E-state index in [0.717, 1.165) is 29.8 Å². The first-order chi connectivity index (χ1) is 8.36. The fourth-order valence-corrected chi connectivity index (χ4v) is 3.25. The molecule has 0 aromatic carbocycles. The highest BCUT2D eigenvalue weighted by atomic mass is 35.5. The second-order valence-electron chi connectivity index (χ2n) is 4.57. The molecule has 92 valence electrons. The zero-order valence-corrected chi connectivity index (χ0v) is 11.3. The maximum atomic E-state index is 5.88. The number of rotatable bonds is 5. The Bertz CT molecular complexity index is 460. The standard InChI is InChI=1S/C12H16ClN3S/c13-4-5-15(11-2-1-3-11)8-10-9-16-6-7-17-12(16)14-10/h6-7,9,11H,1-5,8H2. The molecule has 0 aliphatic heterocycles. The fraction of sp³-hybridized carbons (Fsp3) is 0.583. The highest BCUT2D eigenvalue weighted by Crippen LogP contribution is 2.26. The molecule has 3 rings (SSSR count). The van der Waals surface area contributed by atoms with Crippen LogP contribution in [-0.4, -0.2) is 32.8 Å². The molecule has 0 N–H and O–H groups in total. The van der Waals surface area contributed by atoms with Gasteiger partial charge in [-0.05, 0) is 12.8 Å². The first-order valence-electron chi connectivity index (χ1n) is 6.08. The van der Waals surface area contributed by atoms with Gasteiger partial charge in [-0.25, -0.2) is 4.98 Å². The Hall–Kier alpha value is -0.580. The van der Waals surface area contributed by atoms with Gasteiger partial charge in [0.15, 0.2) is 4.96 Å². The first-order valence-corrected chi connectivity index (χ1v) is 7.49. The van der Waals surface area contributed by atoms with Crippen molar-refractivity contribution >= 4 is 27.9 Å². The van der Waals surface area contributed by atoms with Gasteiger partial charge in [-0.1, -0.05) is 6.42 Å². The topological polar surface area (TPSA) is 20.5 Å². The minimum atomic E-state index is 0.707. The van der Waals surface area contributed by atoms with E-state index in [-0.39, 0.29) is 0 Å². The lowest BCUT2D eigenvalue weighted by atomic mass is 9.91. The summed E-state index contributed by atoms with van der Waals surface area (Å²) < 4.78 is 2.10. The molecule has 0 saturated heterocycles. The van der Waals surface area contributed by atoms with Crippen molar-refractivity contribution in [3.63, 3.8) is 0 Å². The van der Waals surface area contributed by atoms with Gasteiger partial charge in [0.2, 0.25) is 0 Å². The Balaban J connectivity index is 1.72. The Morgan fingerprint density at radius 1 is 1.53 bits per heavy atom. The maximum Gasteiger partial charge on any atom is 0.193 e. The summed E-state index contributed by atoms with van der Waals surface area (Å²) in [4.78, 5) is 8.19. The summed E-state index contributed by atoms with van der Waals surface area (Å²) in [5.74, 6) is 0.707. The van der Waals surface area contributed by atoms with E-state index >= 15 is 0 Å². The molecule has 0 unspecified atom stereocenters. The average Bonchev–Trinajstić information content (AvgIpc) is 2.75. The van der Waals surface area contributed by atoms with Crippen LogP contribution in [0.15, 0.2) is 17.8 Å². The molecule has 1 aliphatic rings. The van der Waals surface area contributed by atoms with Crippen LogP contribution < -0.4 is 0 Å². The van der Waals surface area contributed by atoms with Crippen molar-refractivity contribution in [2.45, 2.75) is 31.8 Å². The van der Waals surface area contributed by atoms with Gasteiger partial charge in [0, 0.05) is 42.8 Å². The first kappa shape index (κ1) is 11.5. The van der Waals surface area contributed by atoms with E-state index in [0.29, 0.717) is 5.88 Å². The van der Waals surface area contributed by atoms with E-state index in [4.69, 9.17) is 11.6 Å². The number of imidazole rings is 1. The lowest BCUT2D eigenvalue weighted by Crippen LogP contribution is -2.40. The molecule has 3 nitrogen and oxygen atoms in total. The van der Waals surface area contributed by atoms with E-state index in [1.54, 1.807) is 11.3 Å². The van der Waals surface area contributed by atoms with Crippen LogP contribution in [-0.2, 0) is 6.54 Å². The van der Waals surface area contributed by atoms with Crippen LogP contribution in [0.2, 0.25) is 0 Å². The normalized spacial score (nSPS) is 16.8. The Labute approximate surface area is 110 Å². The Morgan fingerprint density at radius 3 is 3.06 bits per heavy atom. The van der Waals surface area contributed by atoms with Crippen LogP contribution in [0.5, 0.6) is 0 Å². The molecular weight excluding hydrogens is 254 g/mol. The van der Waals surface area contributed by atoms with Gasteiger partial charge < -0.3 is 0 Å². The van der Waals surface area contributed by atoms with E-state index < -0.39 is 0 Å². The van der Waals surface area contributed by atoms with E-state index in [1.807, 2.05) is 0 Å². The minimum Gasteiger partial charge on any atom is -0.297 e. The third-order valence-corrected chi connectivity index (χ3v) is 4.41. The summed E-state index contributed by atoms with van der Waals surface area (Å²) in [6.45, 7) is 1.91. The molecule has 1 saturated carbocycles. The van der Waals surface area contributed by atoms with Crippen molar-refractivity contribution in [3.05, 3.63) is 23.5 Å². The second kappa shape index (κ2) is 4.96. The van der Waals surface area contributed by atoms with Gasteiger partial charge >= 0.3 is 0 Å². The van der Waals surface area contributed by atoms with Gasteiger partial charge in [0.1, 0.15) is 0 Å². The highest BCUT2D eigenvalue weighted by Gasteiger charge is 2.25.